The number of ether oxygens (including phenoxy) is 1. The fraction of sp³-hybridized carbons (Fsp3) is 0.538. The maximum Gasteiger partial charge on any atom is 0.408 e. The molecule has 1 aliphatic rings. The molecule has 1 aliphatic carbocycles. The monoisotopic (exact) mass is 339 g/mol. The molecule has 0 aromatic carbocycles. The summed E-state index contributed by atoms with van der Waals surface area (Å²) in [5.41, 5.74) is 0.362. The molecule has 10 heteroatoms. The first-order chi connectivity index (χ1) is 10.8. The highest BCUT2D eigenvalue weighted by molar-refractivity contribution is 5.74. The summed E-state index contributed by atoms with van der Waals surface area (Å²) in [4.78, 5) is 15.1. The first-order valence-electron chi connectivity index (χ1n) is 6.76. The van der Waals surface area contributed by atoms with E-state index < -0.39 is 30.8 Å². The molecule has 1 aromatic rings. The van der Waals surface area contributed by atoms with Gasteiger partial charge in [0.05, 0.1) is 0 Å². The molecule has 23 heavy (non-hydrogen) atoms. The molecule has 0 radical (unpaired) electrons. The van der Waals surface area contributed by atoms with Gasteiger partial charge in [0.15, 0.2) is 0 Å². The normalized spacial score (nSPS) is 16.1. The van der Waals surface area contributed by atoms with Crippen molar-refractivity contribution in [1.29, 1.82) is 0 Å². The standard InChI is InChI=1S/C13H14F5N3O2/c14-11(15)23-9-5-7(3-4-19-9)6-20-12(22)21-10(8-1-2-8)13(16,17)18/h3-5,8,10-11H,1-2,6H2,(H2,20,21,22)/t10-/m0/s1. The molecule has 128 valence electrons. The number of rotatable bonds is 6. The van der Waals surface area contributed by atoms with Gasteiger partial charge in [0.25, 0.3) is 0 Å². The van der Waals surface area contributed by atoms with Crippen molar-refractivity contribution < 1.29 is 31.5 Å². The maximum absolute atomic E-state index is 12.8. The largest absolute Gasteiger partial charge is 0.417 e. The van der Waals surface area contributed by atoms with Gasteiger partial charge >= 0.3 is 18.8 Å². The average Bonchev–Trinajstić information content (AvgIpc) is 3.25. The van der Waals surface area contributed by atoms with E-state index in [4.69, 9.17) is 0 Å². The number of halogens is 5. The second-order valence-electron chi connectivity index (χ2n) is 5.06. The Morgan fingerprint density at radius 3 is 2.65 bits per heavy atom. The summed E-state index contributed by atoms with van der Waals surface area (Å²) in [7, 11) is 0. The lowest BCUT2D eigenvalue weighted by Crippen LogP contribution is -2.50. The summed E-state index contributed by atoms with van der Waals surface area (Å²) < 4.78 is 66.5. The predicted octanol–water partition coefficient (Wildman–Crippen LogP) is 2.82. The van der Waals surface area contributed by atoms with Crippen molar-refractivity contribution in [3.05, 3.63) is 23.9 Å². The van der Waals surface area contributed by atoms with E-state index in [0.717, 1.165) is 6.07 Å². The van der Waals surface area contributed by atoms with Crippen LogP contribution in [0, 0.1) is 5.92 Å². The number of alkyl halides is 5. The first-order valence-corrected chi connectivity index (χ1v) is 6.76. The first kappa shape index (κ1) is 17.2. The van der Waals surface area contributed by atoms with E-state index in [2.05, 4.69) is 15.0 Å². The summed E-state index contributed by atoms with van der Waals surface area (Å²) in [6, 6.07) is -0.278. The second kappa shape index (κ2) is 6.97. The van der Waals surface area contributed by atoms with Crippen molar-refractivity contribution in [2.45, 2.75) is 38.2 Å². The van der Waals surface area contributed by atoms with Gasteiger partial charge in [-0.15, -0.1) is 0 Å². The minimum Gasteiger partial charge on any atom is -0.417 e. The minimum atomic E-state index is -4.51. The van der Waals surface area contributed by atoms with Crippen molar-refractivity contribution in [3.63, 3.8) is 0 Å². The maximum atomic E-state index is 12.8. The van der Waals surface area contributed by atoms with Crippen LogP contribution in [-0.2, 0) is 6.54 Å². The Kier molecular flexibility index (Phi) is 5.22. The van der Waals surface area contributed by atoms with Crippen LogP contribution in [-0.4, -0.2) is 29.8 Å². The quantitative estimate of drug-likeness (QED) is 0.784. The number of amides is 2. The molecule has 0 spiro atoms. The molecule has 2 N–H and O–H groups in total. The molecule has 5 nitrogen and oxygen atoms in total. The predicted molar refractivity (Wildman–Crippen MR) is 68.8 cm³/mol. The Bertz CT molecular complexity index is 549. The SMILES string of the molecule is O=C(NCc1ccnc(OC(F)F)c1)N[C@@H](C1CC1)C(F)(F)F. The van der Waals surface area contributed by atoms with Crippen LogP contribution in [0.4, 0.5) is 26.7 Å². The van der Waals surface area contributed by atoms with Gasteiger partial charge in [-0.2, -0.15) is 22.0 Å². The summed E-state index contributed by atoms with van der Waals surface area (Å²) in [5, 5.41) is 4.14. The lowest BCUT2D eigenvalue weighted by atomic mass is 10.2. The smallest absolute Gasteiger partial charge is 0.408 e. The van der Waals surface area contributed by atoms with Crippen LogP contribution in [0.25, 0.3) is 0 Å². The van der Waals surface area contributed by atoms with Crippen molar-refractivity contribution >= 4 is 6.03 Å². The van der Waals surface area contributed by atoms with Crippen LogP contribution < -0.4 is 15.4 Å². The van der Waals surface area contributed by atoms with E-state index in [1.807, 2.05) is 5.32 Å². The molecule has 1 atom stereocenters. The Morgan fingerprint density at radius 1 is 1.39 bits per heavy atom. The molecule has 1 fully saturated rings. The zero-order chi connectivity index (χ0) is 17.0. The van der Waals surface area contributed by atoms with Crippen molar-refractivity contribution in [3.8, 4) is 5.88 Å². The Labute approximate surface area is 128 Å². The van der Waals surface area contributed by atoms with Crippen LogP contribution in [0.1, 0.15) is 18.4 Å². The fourth-order valence-corrected chi connectivity index (χ4v) is 1.99. The summed E-state index contributed by atoms with van der Waals surface area (Å²) in [6.45, 7) is -3.19. The number of urea groups is 1. The van der Waals surface area contributed by atoms with Crippen LogP contribution in [0.15, 0.2) is 18.3 Å². The zero-order valence-electron chi connectivity index (χ0n) is 11.7. The number of nitrogens with one attached hydrogen (secondary N) is 2. The van der Waals surface area contributed by atoms with E-state index in [0.29, 0.717) is 18.4 Å². The number of pyridine rings is 1. The molecule has 0 bridgehead atoms. The van der Waals surface area contributed by atoms with E-state index in [1.165, 1.54) is 12.3 Å². The Balaban J connectivity index is 1.86. The van der Waals surface area contributed by atoms with Gasteiger partial charge in [0, 0.05) is 18.8 Å². The van der Waals surface area contributed by atoms with Crippen molar-refractivity contribution in [2.75, 3.05) is 0 Å². The van der Waals surface area contributed by atoms with E-state index in [-0.39, 0.29) is 12.4 Å². The number of aromatic nitrogens is 1. The van der Waals surface area contributed by atoms with E-state index >= 15 is 0 Å². The lowest BCUT2D eigenvalue weighted by Gasteiger charge is -2.21. The second-order valence-corrected chi connectivity index (χ2v) is 5.06. The van der Waals surface area contributed by atoms with E-state index in [1.54, 1.807) is 0 Å². The zero-order valence-corrected chi connectivity index (χ0v) is 11.7. The number of carbonyl (C=O) groups is 1. The van der Waals surface area contributed by atoms with Gasteiger partial charge in [-0.1, -0.05) is 0 Å². The highest BCUT2D eigenvalue weighted by Gasteiger charge is 2.49. The topological polar surface area (TPSA) is 63.2 Å². The van der Waals surface area contributed by atoms with Crippen LogP contribution in [0.2, 0.25) is 0 Å². The third-order valence-corrected chi connectivity index (χ3v) is 3.19. The number of nitrogens with zero attached hydrogens (tertiary/aromatic N) is 1. The molecular weight excluding hydrogens is 325 g/mol. The number of carbonyl (C=O) groups excluding carboxylic acids is 1. The van der Waals surface area contributed by atoms with Crippen molar-refractivity contribution in [2.24, 2.45) is 5.92 Å². The Hall–Kier alpha value is -2.13. The highest BCUT2D eigenvalue weighted by Crippen LogP contribution is 2.40. The highest BCUT2D eigenvalue weighted by atomic mass is 19.4. The van der Waals surface area contributed by atoms with E-state index in [9.17, 15) is 26.7 Å². The van der Waals surface area contributed by atoms with Gasteiger partial charge < -0.3 is 15.4 Å². The summed E-state index contributed by atoms with van der Waals surface area (Å²) >= 11 is 0. The third-order valence-electron chi connectivity index (χ3n) is 3.19. The average molecular weight is 339 g/mol. The van der Waals surface area contributed by atoms with Gasteiger partial charge in [0.2, 0.25) is 5.88 Å². The molecule has 0 aliphatic heterocycles. The lowest BCUT2D eigenvalue weighted by molar-refractivity contribution is -0.157. The fourth-order valence-electron chi connectivity index (χ4n) is 1.99. The van der Waals surface area contributed by atoms with Crippen LogP contribution in [0.5, 0.6) is 5.88 Å². The van der Waals surface area contributed by atoms with Gasteiger partial charge in [-0.05, 0) is 30.4 Å². The molecule has 2 rings (SSSR count). The Morgan fingerprint density at radius 2 is 2.09 bits per heavy atom. The van der Waals surface area contributed by atoms with Gasteiger partial charge in [-0.3, -0.25) is 0 Å². The molecular formula is C13H14F5N3O2. The summed E-state index contributed by atoms with van der Waals surface area (Å²) in [5.74, 6) is -0.932. The minimum absolute atomic E-state index is 0.150. The van der Waals surface area contributed by atoms with Gasteiger partial charge in [0.1, 0.15) is 6.04 Å². The molecule has 2 amide bonds. The molecule has 1 aromatic heterocycles. The van der Waals surface area contributed by atoms with Crippen molar-refractivity contribution in [1.82, 2.24) is 15.6 Å². The molecule has 1 heterocycles. The molecule has 0 unspecified atom stereocenters. The number of hydrogen-bond acceptors (Lipinski definition) is 3. The number of hydrogen-bond donors (Lipinski definition) is 2. The van der Waals surface area contributed by atoms with Crippen LogP contribution in [0.3, 0.4) is 0 Å². The molecule has 1 saturated carbocycles. The molecule has 0 saturated heterocycles. The van der Waals surface area contributed by atoms with Crippen LogP contribution >= 0.6 is 0 Å². The summed E-state index contributed by atoms with van der Waals surface area (Å²) in [6.07, 6.45) is -2.48. The third kappa shape index (κ3) is 5.53. The van der Waals surface area contributed by atoms with Gasteiger partial charge in [-0.25, -0.2) is 9.78 Å².